The summed E-state index contributed by atoms with van der Waals surface area (Å²) < 4.78 is 19.9. The number of carbonyl (C=O) groups is 1. The molecule has 5 nitrogen and oxygen atoms in total. The van der Waals surface area contributed by atoms with Crippen LogP contribution in [-0.4, -0.2) is 34.9 Å². The maximum Gasteiger partial charge on any atom is 0.254 e. The first kappa shape index (κ1) is 19.3. The molecule has 1 saturated heterocycles. The monoisotopic (exact) mass is 393 g/mol. The highest BCUT2D eigenvalue weighted by atomic mass is 19.1. The van der Waals surface area contributed by atoms with Gasteiger partial charge >= 0.3 is 0 Å². The summed E-state index contributed by atoms with van der Waals surface area (Å²) in [6.07, 6.45) is 3.47. The predicted molar refractivity (Wildman–Crippen MR) is 110 cm³/mol. The summed E-state index contributed by atoms with van der Waals surface area (Å²) in [5, 5.41) is 0. The van der Waals surface area contributed by atoms with E-state index in [-0.39, 0.29) is 17.8 Å². The lowest BCUT2D eigenvalue weighted by Crippen LogP contribution is -2.45. The van der Waals surface area contributed by atoms with Crippen molar-refractivity contribution in [1.29, 1.82) is 0 Å². The summed E-state index contributed by atoms with van der Waals surface area (Å²) in [6.45, 7) is 3.35. The number of aromatic nitrogens is 1. The Morgan fingerprint density at radius 3 is 2.69 bits per heavy atom. The quantitative estimate of drug-likeness (QED) is 0.715. The number of halogens is 1. The van der Waals surface area contributed by atoms with Crippen molar-refractivity contribution in [3.05, 3.63) is 66.1 Å². The van der Waals surface area contributed by atoms with Gasteiger partial charge in [-0.3, -0.25) is 4.79 Å². The molecule has 1 aromatic heterocycles. The Morgan fingerprint density at radius 2 is 1.93 bits per heavy atom. The normalized spacial score (nSPS) is 17.9. The van der Waals surface area contributed by atoms with Crippen LogP contribution < -0.4 is 5.73 Å². The Kier molecular flexibility index (Phi) is 5.45. The molecule has 3 aromatic rings. The van der Waals surface area contributed by atoms with Gasteiger partial charge in [-0.05, 0) is 49.9 Å². The molecule has 2 heterocycles. The molecule has 4 rings (SSSR count). The predicted octanol–water partition coefficient (Wildman–Crippen LogP) is 4.35. The highest BCUT2D eigenvalue weighted by Gasteiger charge is 2.28. The maximum absolute atomic E-state index is 14.1. The van der Waals surface area contributed by atoms with Crippen molar-refractivity contribution in [3.63, 3.8) is 0 Å². The van der Waals surface area contributed by atoms with Crippen molar-refractivity contribution < 1.29 is 13.6 Å². The molecule has 1 amide bonds. The fraction of sp³-hybridized carbons (Fsp3) is 0.304. The van der Waals surface area contributed by atoms with E-state index >= 15 is 0 Å². The Bertz CT molecular complexity index is 1010. The summed E-state index contributed by atoms with van der Waals surface area (Å²) in [4.78, 5) is 19.4. The summed E-state index contributed by atoms with van der Waals surface area (Å²) in [7, 11) is 0. The number of amides is 1. The maximum atomic E-state index is 14.1. The van der Waals surface area contributed by atoms with E-state index in [1.54, 1.807) is 30.3 Å². The second-order valence-electron chi connectivity index (χ2n) is 7.57. The summed E-state index contributed by atoms with van der Waals surface area (Å²) in [5.41, 5.74) is 7.53. The van der Waals surface area contributed by atoms with Crippen LogP contribution in [0.25, 0.3) is 22.8 Å². The van der Waals surface area contributed by atoms with Crippen molar-refractivity contribution in [3.8, 4) is 22.8 Å². The van der Waals surface area contributed by atoms with Crippen molar-refractivity contribution in [2.24, 2.45) is 11.7 Å². The Balaban J connectivity index is 1.64. The van der Waals surface area contributed by atoms with Crippen LogP contribution in [0.4, 0.5) is 4.39 Å². The number of benzene rings is 2. The van der Waals surface area contributed by atoms with Gasteiger partial charge in [0.1, 0.15) is 5.82 Å². The first-order valence-electron chi connectivity index (χ1n) is 9.89. The van der Waals surface area contributed by atoms with Crippen molar-refractivity contribution in [2.75, 3.05) is 13.1 Å². The van der Waals surface area contributed by atoms with Crippen LogP contribution in [0, 0.1) is 11.7 Å². The van der Waals surface area contributed by atoms with Crippen LogP contribution in [0.1, 0.15) is 30.1 Å². The van der Waals surface area contributed by atoms with E-state index in [4.69, 9.17) is 10.2 Å². The third-order valence-corrected chi connectivity index (χ3v) is 5.52. The topological polar surface area (TPSA) is 72.4 Å². The average molecular weight is 393 g/mol. The van der Waals surface area contributed by atoms with E-state index in [0.29, 0.717) is 47.3 Å². The van der Waals surface area contributed by atoms with Crippen LogP contribution in [0.3, 0.4) is 0 Å². The Hall–Kier alpha value is -2.99. The molecule has 29 heavy (non-hydrogen) atoms. The zero-order valence-corrected chi connectivity index (χ0v) is 16.3. The molecule has 2 atom stereocenters. The third kappa shape index (κ3) is 3.93. The van der Waals surface area contributed by atoms with Crippen molar-refractivity contribution in [1.82, 2.24) is 9.88 Å². The molecule has 1 fully saturated rings. The first-order valence-corrected chi connectivity index (χ1v) is 9.89. The van der Waals surface area contributed by atoms with E-state index in [9.17, 15) is 9.18 Å². The molecule has 2 aromatic carbocycles. The molecule has 2 unspecified atom stereocenters. The number of hydrogen-bond donors (Lipinski definition) is 1. The van der Waals surface area contributed by atoms with Gasteiger partial charge < -0.3 is 15.1 Å². The lowest BCUT2D eigenvalue weighted by molar-refractivity contribution is 0.0661. The number of carbonyl (C=O) groups excluding carboxylic acids is 1. The zero-order valence-electron chi connectivity index (χ0n) is 16.3. The first-order chi connectivity index (χ1) is 14.0. The lowest BCUT2D eigenvalue weighted by atomic mass is 9.91. The van der Waals surface area contributed by atoms with Gasteiger partial charge in [0.15, 0.2) is 5.76 Å². The molecule has 6 heteroatoms. The van der Waals surface area contributed by atoms with Crippen LogP contribution >= 0.6 is 0 Å². The van der Waals surface area contributed by atoms with Gasteiger partial charge in [-0.15, -0.1) is 0 Å². The number of piperidine rings is 1. The fourth-order valence-electron chi connectivity index (χ4n) is 3.83. The number of rotatable bonds is 4. The highest BCUT2D eigenvalue weighted by Crippen LogP contribution is 2.31. The molecule has 0 bridgehead atoms. The molecule has 150 valence electrons. The summed E-state index contributed by atoms with van der Waals surface area (Å²) in [5.74, 6) is 0.490. The largest absolute Gasteiger partial charge is 0.436 e. The smallest absolute Gasteiger partial charge is 0.254 e. The zero-order chi connectivity index (χ0) is 20.4. The summed E-state index contributed by atoms with van der Waals surface area (Å²) in [6, 6.07) is 13.7. The van der Waals surface area contributed by atoms with Gasteiger partial charge in [0.25, 0.3) is 5.91 Å². The fourth-order valence-corrected chi connectivity index (χ4v) is 3.83. The van der Waals surface area contributed by atoms with Gasteiger partial charge in [0.05, 0.1) is 17.3 Å². The molecular formula is C23H24FN3O2. The minimum absolute atomic E-state index is 0.0518. The molecule has 2 N–H and O–H groups in total. The second kappa shape index (κ2) is 8.17. The van der Waals surface area contributed by atoms with Gasteiger partial charge in [0, 0.05) is 24.7 Å². The number of nitrogens with two attached hydrogens (primary N) is 1. The average Bonchev–Trinajstić information content (AvgIpc) is 3.23. The Morgan fingerprint density at radius 1 is 1.21 bits per heavy atom. The molecular weight excluding hydrogens is 369 g/mol. The number of likely N-dealkylation sites (tertiary alicyclic amines) is 1. The van der Waals surface area contributed by atoms with Gasteiger partial charge in [-0.25, -0.2) is 9.37 Å². The number of hydrogen-bond acceptors (Lipinski definition) is 4. The van der Waals surface area contributed by atoms with Crippen LogP contribution in [0.5, 0.6) is 0 Å². The lowest BCUT2D eigenvalue weighted by Gasteiger charge is -2.34. The van der Waals surface area contributed by atoms with Gasteiger partial charge in [-0.1, -0.05) is 24.3 Å². The molecule has 0 radical (unpaired) electrons. The van der Waals surface area contributed by atoms with Gasteiger partial charge in [-0.2, -0.15) is 0 Å². The molecule has 0 saturated carbocycles. The van der Waals surface area contributed by atoms with Gasteiger partial charge in [0.2, 0.25) is 5.89 Å². The minimum Gasteiger partial charge on any atom is -0.436 e. The van der Waals surface area contributed by atoms with E-state index in [1.807, 2.05) is 24.0 Å². The third-order valence-electron chi connectivity index (χ3n) is 5.52. The van der Waals surface area contributed by atoms with E-state index < -0.39 is 0 Å². The number of nitrogens with zero attached hydrogens (tertiary/aromatic N) is 2. The SMILES string of the molecule is CC(N)C1CCCN(C(=O)c2ccccc2-c2ncc(-c3ccccc3F)o2)C1. The number of oxazole rings is 1. The molecule has 1 aliphatic rings. The van der Waals surface area contributed by atoms with Crippen LogP contribution in [-0.2, 0) is 0 Å². The second-order valence-corrected chi connectivity index (χ2v) is 7.57. The van der Waals surface area contributed by atoms with E-state index in [2.05, 4.69) is 4.98 Å². The summed E-state index contributed by atoms with van der Waals surface area (Å²) >= 11 is 0. The molecule has 0 spiro atoms. The molecule has 0 aliphatic carbocycles. The highest BCUT2D eigenvalue weighted by molar-refractivity contribution is 6.00. The Labute approximate surface area is 169 Å². The van der Waals surface area contributed by atoms with E-state index in [1.165, 1.54) is 12.3 Å². The van der Waals surface area contributed by atoms with Crippen LogP contribution in [0.15, 0.2) is 59.1 Å². The van der Waals surface area contributed by atoms with E-state index in [0.717, 1.165) is 12.8 Å². The standard InChI is InChI=1S/C23H24FN3O2/c1-15(25)16-7-6-12-27(14-16)23(28)18-9-3-2-8-17(18)22-26-13-21(29-22)19-10-4-5-11-20(19)24/h2-5,8-11,13,15-16H,6-7,12,14,25H2,1H3. The van der Waals surface area contributed by atoms with Crippen LogP contribution in [0.2, 0.25) is 0 Å². The minimum atomic E-state index is -0.380. The van der Waals surface area contributed by atoms with Crippen molar-refractivity contribution >= 4 is 5.91 Å². The molecule has 1 aliphatic heterocycles. The van der Waals surface area contributed by atoms with Crippen molar-refractivity contribution in [2.45, 2.75) is 25.8 Å².